The van der Waals surface area contributed by atoms with Gasteiger partial charge < -0.3 is 14.6 Å². The molecule has 0 aliphatic carbocycles. The second-order valence-electron chi connectivity index (χ2n) is 8.90. The number of aliphatic hydroxyl groups excluding tert-OH is 1. The predicted molar refractivity (Wildman–Crippen MR) is 133 cm³/mol. The molecule has 192 valence electrons. The molecular formula is C25H35N3O6S. The van der Waals surface area contributed by atoms with Crippen LogP contribution in [0.1, 0.15) is 24.5 Å². The van der Waals surface area contributed by atoms with Crippen LogP contribution >= 0.6 is 0 Å². The normalized spacial score (nSPS) is 20.9. The molecule has 1 aliphatic heterocycles. The Bertz CT molecular complexity index is 1060. The highest BCUT2D eigenvalue weighted by atomic mass is 32.2. The zero-order valence-electron chi connectivity index (χ0n) is 20.7. The van der Waals surface area contributed by atoms with Crippen LogP contribution in [0.3, 0.4) is 0 Å². The van der Waals surface area contributed by atoms with Gasteiger partial charge in [-0.1, -0.05) is 42.5 Å². The van der Waals surface area contributed by atoms with E-state index in [2.05, 4.69) is 0 Å². The van der Waals surface area contributed by atoms with Gasteiger partial charge in [-0.25, -0.2) is 0 Å². The van der Waals surface area contributed by atoms with Crippen molar-refractivity contribution in [1.29, 1.82) is 0 Å². The minimum Gasteiger partial charge on any atom is -0.497 e. The Morgan fingerprint density at radius 2 is 1.74 bits per heavy atom. The van der Waals surface area contributed by atoms with Crippen molar-refractivity contribution in [2.75, 3.05) is 34.4 Å². The number of rotatable bonds is 11. The van der Waals surface area contributed by atoms with E-state index in [1.54, 1.807) is 19.2 Å². The van der Waals surface area contributed by atoms with Crippen molar-refractivity contribution < 1.29 is 27.8 Å². The standard InChI is InChI=1S/C25H35N3O6S/c1-19-14-23(24(17-29)27(19)16-25(30)34-18-21-8-6-5-7-9-21)28(35(31,32)26(2)3)15-20-10-12-22(33-4)13-11-20/h5-13,19,23-24,29H,14-18H2,1-4H3/t19-,23+,24+/m1/s1. The molecule has 0 radical (unpaired) electrons. The molecule has 0 aromatic heterocycles. The zero-order chi connectivity index (χ0) is 25.6. The van der Waals surface area contributed by atoms with Crippen molar-refractivity contribution in [2.45, 2.75) is 44.6 Å². The van der Waals surface area contributed by atoms with E-state index < -0.39 is 28.3 Å². The molecule has 3 atom stereocenters. The van der Waals surface area contributed by atoms with E-state index in [-0.39, 0.29) is 32.3 Å². The Balaban J connectivity index is 1.78. The van der Waals surface area contributed by atoms with Crippen LogP contribution in [0.5, 0.6) is 5.75 Å². The number of carbonyl (C=O) groups excluding carboxylic acids is 1. The lowest BCUT2D eigenvalue weighted by molar-refractivity contribution is -0.147. The largest absolute Gasteiger partial charge is 0.497 e. The van der Waals surface area contributed by atoms with Gasteiger partial charge in [0.05, 0.1) is 26.3 Å². The lowest BCUT2D eigenvalue weighted by Crippen LogP contribution is -2.53. The maximum absolute atomic E-state index is 13.3. The van der Waals surface area contributed by atoms with Crippen molar-refractivity contribution in [3.05, 3.63) is 65.7 Å². The number of nitrogens with zero attached hydrogens (tertiary/aromatic N) is 3. The number of carbonyl (C=O) groups is 1. The first-order valence-corrected chi connectivity index (χ1v) is 13.0. The molecule has 0 unspecified atom stereocenters. The summed E-state index contributed by atoms with van der Waals surface area (Å²) in [6.07, 6.45) is 0.473. The minimum atomic E-state index is -3.82. The van der Waals surface area contributed by atoms with E-state index in [1.807, 2.05) is 54.3 Å². The third-order valence-corrected chi connectivity index (χ3v) is 8.30. The van der Waals surface area contributed by atoms with Gasteiger partial charge in [-0.05, 0) is 36.6 Å². The highest BCUT2D eigenvalue weighted by molar-refractivity contribution is 7.86. The molecule has 0 bridgehead atoms. The topological polar surface area (TPSA) is 99.6 Å². The number of likely N-dealkylation sites (tertiary alicyclic amines) is 1. The summed E-state index contributed by atoms with van der Waals surface area (Å²) >= 11 is 0. The van der Waals surface area contributed by atoms with Crippen molar-refractivity contribution in [2.24, 2.45) is 0 Å². The lowest BCUT2D eigenvalue weighted by Gasteiger charge is -2.35. The van der Waals surface area contributed by atoms with E-state index in [0.29, 0.717) is 12.2 Å². The Morgan fingerprint density at radius 3 is 2.31 bits per heavy atom. The molecule has 1 saturated heterocycles. The molecule has 0 amide bonds. The Morgan fingerprint density at radius 1 is 1.09 bits per heavy atom. The Hall–Kier alpha value is -2.50. The smallest absolute Gasteiger partial charge is 0.320 e. The van der Waals surface area contributed by atoms with Gasteiger partial charge in [0.25, 0.3) is 10.2 Å². The summed E-state index contributed by atoms with van der Waals surface area (Å²) in [5, 5.41) is 10.3. The van der Waals surface area contributed by atoms with Crippen LogP contribution in [-0.2, 0) is 32.9 Å². The summed E-state index contributed by atoms with van der Waals surface area (Å²) in [6.45, 7) is 1.90. The number of hydrogen-bond acceptors (Lipinski definition) is 7. The SMILES string of the molecule is COc1ccc(CN([C@H]2C[C@@H](C)N(CC(=O)OCc3ccccc3)[C@H]2CO)S(=O)(=O)N(C)C)cc1. The van der Waals surface area contributed by atoms with Crippen LogP contribution < -0.4 is 4.74 Å². The van der Waals surface area contributed by atoms with E-state index >= 15 is 0 Å². The quantitative estimate of drug-likeness (QED) is 0.466. The van der Waals surface area contributed by atoms with Crippen LogP contribution in [-0.4, -0.2) is 85.5 Å². The van der Waals surface area contributed by atoms with Crippen molar-refractivity contribution >= 4 is 16.2 Å². The number of aliphatic hydroxyl groups is 1. The Kier molecular flexibility index (Phi) is 9.26. The summed E-state index contributed by atoms with van der Waals surface area (Å²) in [7, 11) is 0.728. The van der Waals surface area contributed by atoms with Gasteiger partial charge in [-0.3, -0.25) is 9.69 Å². The molecule has 1 fully saturated rings. The molecule has 3 rings (SSSR count). The summed E-state index contributed by atoms with van der Waals surface area (Å²) < 4.78 is 39.9. The second-order valence-corrected chi connectivity index (χ2v) is 11.0. The third-order valence-electron chi connectivity index (χ3n) is 6.39. The van der Waals surface area contributed by atoms with E-state index in [0.717, 1.165) is 11.1 Å². The minimum absolute atomic E-state index is 0.0336. The molecule has 0 saturated carbocycles. The molecule has 0 spiro atoms. The molecule has 1 heterocycles. The molecule has 1 aliphatic rings. The highest BCUT2D eigenvalue weighted by Gasteiger charge is 2.46. The second kappa shape index (κ2) is 12.0. The van der Waals surface area contributed by atoms with E-state index in [9.17, 15) is 18.3 Å². The maximum atomic E-state index is 13.3. The summed E-state index contributed by atoms with van der Waals surface area (Å²) in [5.74, 6) is 0.260. The molecular weight excluding hydrogens is 470 g/mol. The molecule has 2 aromatic rings. The summed E-state index contributed by atoms with van der Waals surface area (Å²) in [4.78, 5) is 14.5. The van der Waals surface area contributed by atoms with Crippen LogP contribution in [0, 0.1) is 0 Å². The van der Waals surface area contributed by atoms with Crippen LogP contribution in [0.15, 0.2) is 54.6 Å². The fourth-order valence-electron chi connectivity index (χ4n) is 4.42. The van der Waals surface area contributed by atoms with Gasteiger partial charge in [-0.2, -0.15) is 17.0 Å². The average Bonchev–Trinajstić information content (AvgIpc) is 3.16. The van der Waals surface area contributed by atoms with E-state index in [4.69, 9.17) is 9.47 Å². The van der Waals surface area contributed by atoms with Gasteiger partial charge >= 0.3 is 5.97 Å². The fraction of sp³-hybridized carbons (Fsp3) is 0.480. The maximum Gasteiger partial charge on any atom is 0.320 e. The number of hydrogen-bond donors (Lipinski definition) is 1. The van der Waals surface area contributed by atoms with E-state index in [1.165, 1.54) is 22.7 Å². The first kappa shape index (κ1) is 27.1. The first-order chi connectivity index (χ1) is 16.7. The summed E-state index contributed by atoms with van der Waals surface area (Å²) in [6, 6.07) is 15.4. The van der Waals surface area contributed by atoms with Crippen molar-refractivity contribution in [3.63, 3.8) is 0 Å². The zero-order valence-corrected chi connectivity index (χ0v) is 21.5. The third kappa shape index (κ3) is 6.59. The van der Waals surface area contributed by atoms with Gasteiger partial charge in [0.1, 0.15) is 12.4 Å². The van der Waals surface area contributed by atoms with Crippen LogP contribution in [0.25, 0.3) is 0 Å². The lowest BCUT2D eigenvalue weighted by atomic mass is 10.1. The molecule has 35 heavy (non-hydrogen) atoms. The molecule has 9 nitrogen and oxygen atoms in total. The van der Waals surface area contributed by atoms with Gasteiger partial charge in [0.2, 0.25) is 0 Å². The van der Waals surface area contributed by atoms with Gasteiger partial charge in [0, 0.05) is 32.7 Å². The number of ether oxygens (including phenoxy) is 2. The summed E-state index contributed by atoms with van der Waals surface area (Å²) in [5.41, 5.74) is 1.68. The van der Waals surface area contributed by atoms with Crippen LogP contribution in [0.4, 0.5) is 0 Å². The van der Waals surface area contributed by atoms with Gasteiger partial charge in [0.15, 0.2) is 0 Å². The Labute approximate surface area is 208 Å². The van der Waals surface area contributed by atoms with Crippen molar-refractivity contribution in [3.8, 4) is 5.75 Å². The molecule has 1 N–H and O–H groups in total. The fourth-order valence-corrected chi connectivity index (χ4v) is 5.72. The first-order valence-electron chi connectivity index (χ1n) is 11.6. The number of esters is 1. The van der Waals surface area contributed by atoms with Crippen LogP contribution in [0.2, 0.25) is 0 Å². The number of benzene rings is 2. The molecule has 10 heteroatoms. The monoisotopic (exact) mass is 505 g/mol. The predicted octanol–water partition coefficient (Wildman–Crippen LogP) is 1.87. The number of methoxy groups -OCH3 is 1. The van der Waals surface area contributed by atoms with Crippen molar-refractivity contribution in [1.82, 2.24) is 13.5 Å². The highest BCUT2D eigenvalue weighted by Crippen LogP contribution is 2.32. The average molecular weight is 506 g/mol. The van der Waals surface area contributed by atoms with Gasteiger partial charge in [-0.15, -0.1) is 0 Å². The molecule has 2 aromatic carbocycles.